The van der Waals surface area contributed by atoms with Gasteiger partial charge in [-0.05, 0) is 50.5 Å². The predicted octanol–water partition coefficient (Wildman–Crippen LogP) is 4.79. The van der Waals surface area contributed by atoms with Gasteiger partial charge in [0, 0.05) is 19.0 Å². The fourth-order valence-corrected chi connectivity index (χ4v) is 4.82. The quantitative estimate of drug-likeness (QED) is 0.636. The highest BCUT2D eigenvalue weighted by Crippen LogP contribution is 2.33. The number of aromatic nitrogens is 1. The summed E-state index contributed by atoms with van der Waals surface area (Å²) in [6.07, 6.45) is 1.71. The minimum atomic E-state index is 0.0329. The van der Waals surface area contributed by atoms with E-state index in [0.29, 0.717) is 6.61 Å². The number of thiazole rings is 1. The van der Waals surface area contributed by atoms with Gasteiger partial charge in [-0.25, -0.2) is 4.98 Å². The molecule has 0 bridgehead atoms. The lowest BCUT2D eigenvalue weighted by Gasteiger charge is -2.31. The Morgan fingerprint density at radius 3 is 2.72 bits per heavy atom. The molecule has 1 amide bonds. The third-order valence-electron chi connectivity index (χ3n) is 5.45. The summed E-state index contributed by atoms with van der Waals surface area (Å²) in [5.74, 6) is 1.11. The van der Waals surface area contributed by atoms with Gasteiger partial charge in [-0.3, -0.25) is 4.79 Å². The van der Waals surface area contributed by atoms with E-state index >= 15 is 0 Å². The van der Waals surface area contributed by atoms with Crippen LogP contribution in [-0.4, -0.2) is 30.6 Å². The molecule has 3 aromatic rings. The average Bonchev–Trinajstić information content (AvgIpc) is 3.18. The summed E-state index contributed by atoms with van der Waals surface area (Å²) >= 11 is 1.70. The third kappa shape index (κ3) is 4.53. The van der Waals surface area contributed by atoms with Crippen molar-refractivity contribution in [1.82, 2.24) is 10.3 Å². The van der Waals surface area contributed by atoms with Crippen molar-refractivity contribution in [3.8, 4) is 5.75 Å². The molecule has 1 aliphatic rings. The molecule has 29 heavy (non-hydrogen) atoms. The standard InChI is InChI=1S/C23H27N3O2S/c1-3-28-19-9-10-20-21(15-19)29-23(25-20)26-13-11-18(12-14-26)22(27)24-16(2)17-7-5-4-6-8-17/h4-10,15-16,18H,3,11-14H2,1-2H3,(H,24,27)/t16-/m0/s1. The van der Waals surface area contributed by atoms with Crippen LogP contribution in [0.5, 0.6) is 5.75 Å². The zero-order valence-electron chi connectivity index (χ0n) is 16.9. The Labute approximate surface area is 175 Å². The average molecular weight is 410 g/mol. The highest BCUT2D eigenvalue weighted by atomic mass is 32.1. The lowest BCUT2D eigenvalue weighted by Crippen LogP contribution is -2.41. The maximum Gasteiger partial charge on any atom is 0.223 e. The van der Waals surface area contributed by atoms with Gasteiger partial charge in [-0.15, -0.1) is 0 Å². The summed E-state index contributed by atoms with van der Waals surface area (Å²) in [5, 5.41) is 4.21. The number of piperidine rings is 1. The number of hydrogen-bond acceptors (Lipinski definition) is 5. The third-order valence-corrected chi connectivity index (χ3v) is 6.53. The molecule has 4 rings (SSSR count). The molecule has 6 heteroatoms. The molecule has 0 spiro atoms. The van der Waals surface area contributed by atoms with Crippen molar-refractivity contribution >= 4 is 32.6 Å². The number of amides is 1. The second-order valence-electron chi connectivity index (χ2n) is 7.46. The molecular formula is C23H27N3O2S. The van der Waals surface area contributed by atoms with Crippen LogP contribution in [-0.2, 0) is 4.79 Å². The van der Waals surface area contributed by atoms with E-state index in [0.717, 1.165) is 52.6 Å². The second kappa shape index (κ2) is 8.82. The Morgan fingerprint density at radius 1 is 1.24 bits per heavy atom. The number of fused-ring (bicyclic) bond motifs is 1. The van der Waals surface area contributed by atoms with Crippen molar-refractivity contribution in [1.29, 1.82) is 0 Å². The highest BCUT2D eigenvalue weighted by molar-refractivity contribution is 7.22. The molecule has 1 saturated heterocycles. The summed E-state index contributed by atoms with van der Waals surface area (Å²) in [7, 11) is 0. The molecule has 0 radical (unpaired) electrons. The molecule has 152 valence electrons. The van der Waals surface area contributed by atoms with E-state index in [1.54, 1.807) is 11.3 Å². The summed E-state index contributed by atoms with van der Waals surface area (Å²) in [4.78, 5) is 19.8. The minimum absolute atomic E-state index is 0.0329. The van der Waals surface area contributed by atoms with Crippen molar-refractivity contribution in [3.05, 3.63) is 54.1 Å². The number of nitrogens with one attached hydrogen (secondary N) is 1. The zero-order valence-corrected chi connectivity index (χ0v) is 17.7. The molecule has 1 aromatic heterocycles. The van der Waals surface area contributed by atoms with Crippen molar-refractivity contribution in [2.75, 3.05) is 24.6 Å². The Balaban J connectivity index is 1.35. The molecule has 5 nitrogen and oxygen atoms in total. The minimum Gasteiger partial charge on any atom is -0.494 e. The van der Waals surface area contributed by atoms with E-state index < -0.39 is 0 Å². The Kier molecular flexibility index (Phi) is 6.00. The van der Waals surface area contributed by atoms with E-state index in [4.69, 9.17) is 9.72 Å². The van der Waals surface area contributed by atoms with Crippen molar-refractivity contribution < 1.29 is 9.53 Å². The Bertz CT molecular complexity index is 965. The number of ether oxygens (including phenoxy) is 1. The van der Waals surface area contributed by atoms with Crippen LogP contribution in [0.1, 0.15) is 38.3 Å². The fourth-order valence-electron chi connectivity index (χ4n) is 3.77. The molecular weight excluding hydrogens is 382 g/mol. The summed E-state index contributed by atoms with van der Waals surface area (Å²) in [5.41, 5.74) is 2.14. The lowest BCUT2D eigenvalue weighted by atomic mass is 9.95. The molecule has 1 aliphatic heterocycles. The highest BCUT2D eigenvalue weighted by Gasteiger charge is 2.27. The van der Waals surface area contributed by atoms with Crippen LogP contribution >= 0.6 is 11.3 Å². The molecule has 2 heterocycles. The maximum atomic E-state index is 12.7. The van der Waals surface area contributed by atoms with Gasteiger partial charge in [0.15, 0.2) is 5.13 Å². The number of hydrogen-bond donors (Lipinski definition) is 1. The molecule has 1 fully saturated rings. The Hall–Kier alpha value is -2.60. The van der Waals surface area contributed by atoms with Gasteiger partial charge in [0.05, 0.1) is 22.9 Å². The van der Waals surface area contributed by atoms with E-state index in [-0.39, 0.29) is 17.9 Å². The van der Waals surface area contributed by atoms with Crippen LogP contribution in [0, 0.1) is 5.92 Å². The van der Waals surface area contributed by atoms with Crippen LogP contribution in [0.2, 0.25) is 0 Å². The lowest BCUT2D eigenvalue weighted by molar-refractivity contribution is -0.126. The monoisotopic (exact) mass is 409 g/mol. The van der Waals surface area contributed by atoms with Crippen LogP contribution < -0.4 is 15.0 Å². The number of anilines is 1. The largest absolute Gasteiger partial charge is 0.494 e. The SMILES string of the molecule is CCOc1ccc2nc(N3CCC(C(=O)N[C@@H](C)c4ccccc4)CC3)sc2c1. The molecule has 0 unspecified atom stereocenters. The smallest absolute Gasteiger partial charge is 0.223 e. The van der Waals surface area contributed by atoms with Crippen molar-refractivity contribution in [2.24, 2.45) is 5.92 Å². The summed E-state index contributed by atoms with van der Waals surface area (Å²) in [6, 6.07) is 16.2. The molecule has 0 saturated carbocycles. The summed E-state index contributed by atoms with van der Waals surface area (Å²) < 4.78 is 6.73. The van der Waals surface area contributed by atoms with E-state index in [1.165, 1.54) is 0 Å². The first-order valence-electron chi connectivity index (χ1n) is 10.3. The van der Waals surface area contributed by atoms with Gasteiger partial charge in [-0.1, -0.05) is 41.7 Å². The molecule has 2 aromatic carbocycles. The van der Waals surface area contributed by atoms with Crippen LogP contribution in [0.15, 0.2) is 48.5 Å². The number of benzene rings is 2. The first-order valence-corrected chi connectivity index (χ1v) is 11.1. The first kappa shape index (κ1) is 19.7. The Morgan fingerprint density at radius 2 is 2.00 bits per heavy atom. The maximum absolute atomic E-state index is 12.7. The van der Waals surface area contributed by atoms with Crippen molar-refractivity contribution in [2.45, 2.75) is 32.7 Å². The molecule has 1 atom stereocenters. The van der Waals surface area contributed by atoms with E-state index in [9.17, 15) is 4.79 Å². The van der Waals surface area contributed by atoms with Gasteiger partial charge in [0.1, 0.15) is 5.75 Å². The molecule has 1 N–H and O–H groups in total. The van der Waals surface area contributed by atoms with Crippen LogP contribution in [0.4, 0.5) is 5.13 Å². The zero-order chi connectivity index (χ0) is 20.2. The van der Waals surface area contributed by atoms with E-state index in [2.05, 4.69) is 28.4 Å². The number of carbonyl (C=O) groups excluding carboxylic acids is 1. The normalized spacial score (nSPS) is 16.0. The van der Waals surface area contributed by atoms with Gasteiger partial charge in [-0.2, -0.15) is 0 Å². The van der Waals surface area contributed by atoms with Gasteiger partial charge >= 0.3 is 0 Å². The van der Waals surface area contributed by atoms with Gasteiger partial charge < -0.3 is 15.0 Å². The molecule has 0 aliphatic carbocycles. The number of nitrogens with zero attached hydrogens (tertiary/aromatic N) is 2. The first-order chi connectivity index (χ1) is 14.1. The summed E-state index contributed by atoms with van der Waals surface area (Å²) in [6.45, 7) is 6.41. The van der Waals surface area contributed by atoms with Gasteiger partial charge in [0.2, 0.25) is 5.91 Å². The van der Waals surface area contributed by atoms with Crippen LogP contribution in [0.3, 0.4) is 0 Å². The second-order valence-corrected chi connectivity index (χ2v) is 8.47. The fraction of sp³-hybridized carbons (Fsp3) is 0.391. The number of carbonyl (C=O) groups is 1. The van der Waals surface area contributed by atoms with E-state index in [1.807, 2.05) is 44.2 Å². The number of rotatable bonds is 6. The topological polar surface area (TPSA) is 54.5 Å². The van der Waals surface area contributed by atoms with Crippen molar-refractivity contribution in [3.63, 3.8) is 0 Å². The van der Waals surface area contributed by atoms with Crippen LogP contribution in [0.25, 0.3) is 10.2 Å². The van der Waals surface area contributed by atoms with Gasteiger partial charge in [0.25, 0.3) is 0 Å². The predicted molar refractivity (Wildman–Crippen MR) is 119 cm³/mol.